The number of rotatable bonds is 2. The van der Waals surface area contributed by atoms with E-state index in [1.807, 2.05) is 18.3 Å². The molecule has 152 valence electrons. The number of nitrogens with zero attached hydrogens (tertiary/aromatic N) is 2. The summed E-state index contributed by atoms with van der Waals surface area (Å²) in [4.78, 5) is 11.7. The number of fused-ring (bicyclic) bond motifs is 2. The lowest BCUT2D eigenvalue weighted by atomic mass is 10.1. The lowest BCUT2D eigenvalue weighted by Gasteiger charge is -2.13. The van der Waals surface area contributed by atoms with Gasteiger partial charge in [-0.3, -0.25) is 4.79 Å². The Morgan fingerprint density at radius 3 is 2.48 bits per heavy atom. The predicted octanol–water partition coefficient (Wildman–Crippen LogP) is 2.09. The Kier molecular flexibility index (Phi) is 5.14. The predicted molar refractivity (Wildman–Crippen MR) is 108 cm³/mol. The van der Waals surface area contributed by atoms with E-state index in [9.17, 15) is 13.2 Å². The van der Waals surface area contributed by atoms with E-state index in [1.54, 1.807) is 28.9 Å². The molecule has 1 aliphatic rings. The molecular weight excluding hydrogens is 394 g/mol. The van der Waals surface area contributed by atoms with Gasteiger partial charge in [0.05, 0.1) is 36.0 Å². The van der Waals surface area contributed by atoms with Gasteiger partial charge in [0, 0.05) is 17.6 Å². The van der Waals surface area contributed by atoms with Crippen LogP contribution in [-0.2, 0) is 9.84 Å². The highest BCUT2D eigenvalue weighted by atomic mass is 32.2. The number of hydrogen-bond donors (Lipinski definition) is 1. The number of hydrogen-bond acceptors (Lipinski definition) is 6. The van der Waals surface area contributed by atoms with E-state index < -0.39 is 15.7 Å². The lowest BCUT2D eigenvalue weighted by Crippen LogP contribution is -2.14. The maximum absolute atomic E-state index is 11.9. The maximum Gasteiger partial charge on any atom is 0.250 e. The van der Waals surface area contributed by atoms with Gasteiger partial charge in [-0.2, -0.15) is 5.10 Å². The number of ether oxygens (including phenoxy) is 2. The Hall–Kier alpha value is -3.07. The fourth-order valence-electron chi connectivity index (χ4n) is 3.27. The molecule has 0 aliphatic carbocycles. The van der Waals surface area contributed by atoms with Gasteiger partial charge in [0.25, 0.3) is 5.91 Å². The van der Waals surface area contributed by atoms with Crippen molar-refractivity contribution in [2.45, 2.75) is 12.8 Å². The first-order chi connectivity index (χ1) is 13.9. The van der Waals surface area contributed by atoms with Crippen LogP contribution in [0.3, 0.4) is 0 Å². The monoisotopic (exact) mass is 415 g/mol. The second-order valence-corrected chi connectivity index (χ2v) is 9.17. The molecule has 9 heteroatoms. The largest absolute Gasteiger partial charge is 0.490 e. The van der Waals surface area contributed by atoms with Crippen molar-refractivity contribution in [3.05, 3.63) is 48.2 Å². The zero-order chi connectivity index (χ0) is 20.4. The third-order valence-electron chi connectivity index (χ3n) is 4.71. The molecule has 2 N–H and O–H groups in total. The van der Waals surface area contributed by atoms with Crippen LogP contribution in [0.15, 0.2) is 42.6 Å². The van der Waals surface area contributed by atoms with Gasteiger partial charge in [-0.25, -0.2) is 13.1 Å². The van der Waals surface area contributed by atoms with Crippen LogP contribution in [0.4, 0.5) is 0 Å². The van der Waals surface area contributed by atoms with Crippen LogP contribution in [0.2, 0.25) is 0 Å². The molecule has 0 saturated heterocycles. The van der Waals surface area contributed by atoms with E-state index in [-0.39, 0.29) is 18.1 Å². The molecule has 0 atom stereocenters. The quantitative estimate of drug-likeness (QED) is 0.686. The molecule has 8 nitrogen and oxygen atoms in total. The normalized spacial score (nSPS) is 16.8. The van der Waals surface area contributed by atoms with Gasteiger partial charge in [0.1, 0.15) is 5.52 Å². The van der Waals surface area contributed by atoms with Crippen molar-refractivity contribution in [2.75, 3.05) is 24.7 Å². The molecule has 1 amide bonds. The Labute approximate surface area is 168 Å². The van der Waals surface area contributed by atoms with E-state index in [1.165, 1.54) is 0 Å². The number of nitrogens with two attached hydrogens (primary N) is 1. The topological polar surface area (TPSA) is 114 Å². The summed E-state index contributed by atoms with van der Waals surface area (Å²) in [5.41, 5.74) is 7.05. The first kappa shape index (κ1) is 19.3. The summed E-state index contributed by atoms with van der Waals surface area (Å²) >= 11 is 0. The molecule has 2 heterocycles. The van der Waals surface area contributed by atoms with Crippen LogP contribution in [0.25, 0.3) is 16.6 Å². The summed E-state index contributed by atoms with van der Waals surface area (Å²) in [6.45, 7) is 0.564. The first-order valence-electron chi connectivity index (χ1n) is 9.32. The van der Waals surface area contributed by atoms with Gasteiger partial charge < -0.3 is 15.2 Å². The number of carbonyl (C=O) groups excluding carboxylic acids is 1. The second kappa shape index (κ2) is 7.75. The second-order valence-electron chi connectivity index (χ2n) is 6.87. The summed E-state index contributed by atoms with van der Waals surface area (Å²) in [6, 6.07) is 10.7. The third-order valence-corrected chi connectivity index (χ3v) is 6.53. The standard InChI is InChI=1S/C20H21N3O5S/c21-20(24)16-5-1-4-14-13-23(22-19(14)16)15-6-7-17-18(12-15)28-9-3-11-29(25,26)10-2-8-27-17/h1,4-7,12-13H,2-3,8-11H2,(H2,21,24). The van der Waals surface area contributed by atoms with Crippen molar-refractivity contribution in [2.24, 2.45) is 5.73 Å². The Morgan fingerprint density at radius 1 is 1.03 bits per heavy atom. The SMILES string of the molecule is NC(=O)c1cccc2cn(-c3ccc4c(c3)OCCCS(=O)(=O)CCCO4)nc12. The fraction of sp³-hybridized carbons (Fsp3) is 0.300. The van der Waals surface area contributed by atoms with Crippen LogP contribution in [0.5, 0.6) is 11.5 Å². The van der Waals surface area contributed by atoms with Crippen LogP contribution in [-0.4, -0.2) is 48.8 Å². The minimum absolute atomic E-state index is 0.0997. The van der Waals surface area contributed by atoms with E-state index in [2.05, 4.69) is 5.10 Å². The van der Waals surface area contributed by atoms with E-state index in [0.29, 0.717) is 42.0 Å². The molecule has 3 aromatic rings. The highest BCUT2D eigenvalue weighted by Gasteiger charge is 2.16. The molecular formula is C20H21N3O5S. The Morgan fingerprint density at radius 2 is 1.76 bits per heavy atom. The van der Waals surface area contributed by atoms with Crippen molar-refractivity contribution in [1.29, 1.82) is 0 Å². The van der Waals surface area contributed by atoms with Crippen LogP contribution in [0.1, 0.15) is 23.2 Å². The van der Waals surface area contributed by atoms with Crippen molar-refractivity contribution in [3.8, 4) is 17.2 Å². The van der Waals surface area contributed by atoms with Gasteiger partial charge >= 0.3 is 0 Å². The van der Waals surface area contributed by atoms with Crippen LogP contribution in [0, 0.1) is 0 Å². The van der Waals surface area contributed by atoms with Crippen molar-refractivity contribution in [3.63, 3.8) is 0 Å². The summed E-state index contributed by atoms with van der Waals surface area (Å²) in [6.07, 6.45) is 2.66. The van der Waals surface area contributed by atoms with Gasteiger partial charge in [-0.05, 0) is 31.0 Å². The summed E-state index contributed by atoms with van der Waals surface area (Å²) in [5, 5.41) is 5.29. The molecule has 0 radical (unpaired) electrons. The zero-order valence-corrected chi connectivity index (χ0v) is 16.5. The number of sulfone groups is 1. The van der Waals surface area contributed by atoms with Crippen molar-refractivity contribution < 1.29 is 22.7 Å². The zero-order valence-electron chi connectivity index (χ0n) is 15.7. The molecule has 0 spiro atoms. The van der Waals surface area contributed by atoms with Crippen LogP contribution >= 0.6 is 0 Å². The number of benzene rings is 2. The van der Waals surface area contributed by atoms with Crippen molar-refractivity contribution in [1.82, 2.24) is 9.78 Å². The van der Waals surface area contributed by atoms with E-state index >= 15 is 0 Å². The average molecular weight is 415 g/mol. The number of aromatic nitrogens is 2. The Balaban J connectivity index is 1.67. The first-order valence-corrected chi connectivity index (χ1v) is 11.1. The Bertz CT molecular complexity index is 1170. The molecule has 29 heavy (non-hydrogen) atoms. The molecule has 0 fully saturated rings. The number of carbonyl (C=O) groups is 1. The van der Waals surface area contributed by atoms with Gasteiger partial charge in [-0.1, -0.05) is 12.1 Å². The summed E-state index contributed by atoms with van der Waals surface area (Å²) in [5.74, 6) is 0.762. The molecule has 0 saturated carbocycles. The minimum atomic E-state index is -3.07. The molecule has 1 aromatic heterocycles. The highest BCUT2D eigenvalue weighted by molar-refractivity contribution is 7.91. The molecule has 2 aromatic carbocycles. The maximum atomic E-state index is 11.9. The summed E-state index contributed by atoms with van der Waals surface area (Å²) < 4.78 is 37.0. The van der Waals surface area contributed by atoms with E-state index in [0.717, 1.165) is 11.1 Å². The number of primary amides is 1. The minimum Gasteiger partial charge on any atom is -0.490 e. The third kappa shape index (κ3) is 4.19. The summed E-state index contributed by atoms with van der Waals surface area (Å²) in [7, 11) is -3.07. The molecule has 0 bridgehead atoms. The fourth-order valence-corrected chi connectivity index (χ4v) is 4.59. The molecule has 0 unspecified atom stereocenters. The van der Waals surface area contributed by atoms with Crippen molar-refractivity contribution >= 4 is 26.6 Å². The lowest BCUT2D eigenvalue weighted by molar-refractivity contribution is 0.100. The average Bonchev–Trinajstić information content (AvgIpc) is 3.12. The van der Waals surface area contributed by atoms with Crippen LogP contribution < -0.4 is 15.2 Å². The highest BCUT2D eigenvalue weighted by Crippen LogP contribution is 2.31. The van der Waals surface area contributed by atoms with Gasteiger partial charge in [-0.15, -0.1) is 0 Å². The molecule has 1 aliphatic heterocycles. The van der Waals surface area contributed by atoms with Gasteiger partial charge in [0.15, 0.2) is 21.3 Å². The smallest absolute Gasteiger partial charge is 0.250 e. The number of amides is 1. The molecule has 4 rings (SSSR count). The van der Waals surface area contributed by atoms with Gasteiger partial charge in [0.2, 0.25) is 0 Å². The van der Waals surface area contributed by atoms with E-state index in [4.69, 9.17) is 15.2 Å².